The molecule has 0 saturated carbocycles. The maximum Gasteiger partial charge on any atom is 0.352 e. The normalized spacial score (nSPS) is 32.4. The van der Waals surface area contributed by atoms with Gasteiger partial charge in [-0.05, 0) is 24.6 Å². The number of rotatable bonds is 9. The van der Waals surface area contributed by atoms with E-state index in [-0.39, 0.29) is 29.5 Å². The highest BCUT2D eigenvalue weighted by atomic mass is 32.2. The summed E-state index contributed by atoms with van der Waals surface area (Å²) in [5.74, 6) is -1.86. The molecule has 0 radical (unpaired) electrons. The van der Waals surface area contributed by atoms with Gasteiger partial charge in [-0.15, -0.1) is 11.3 Å². The van der Waals surface area contributed by atoms with Crippen molar-refractivity contribution in [1.29, 1.82) is 0 Å². The van der Waals surface area contributed by atoms with Crippen molar-refractivity contribution in [3.05, 3.63) is 35.0 Å². The molecule has 5 aliphatic rings. The van der Waals surface area contributed by atoms with Gasteiger partial charge in [0.1, 0.15) is 51.5 Å². The van der Waals surface area contributed by atoms with E-state index in [9.17, 15) is 24.6 Å². The van der Waals surface area contributed by atoms with E-state index in [0.29, 0.717) is 12.3 Å². The number of fused-ring (bicyclic) bond motifs is 5. The first kappa shape index (κ1) is 26.7. The van der Waals surface area contributed by atoms with Gasteiger partial charge in [0, 0.05) is 17.2 Å². The fourth-order valence-electron chi connectivity index (χ4n) is 7.22. The predicted molar refractivity (Wildman–Crippen MR) is 147 cm³/mol. The number of nitrogens with two attached hydrogens (primary N) is 1. The summed E-state index contributed by atoms with van der Waals surface area (Å²) in [6.45, 7) is 11.1. The summed E-state index contributed by atoms with van der Waals surface area (Å²) in [5, 5.41) is 19.9. The number of carbonyl (C=O) groups excluding carboxylic acids is 2. The van der Waals surface area contributed by atoms with Gasteiger partial charge in [-0.3, -0.25) is 9.59 Å². The van der Waals surface area contributed by atoms with E-state index < -0.39 is 18.0 Å². The first-order valence-electron chi connectivity index (χ1n) is 13.5. The summed E-state index contributed by atoms with van der Waals surface area (Å²) in [7, 11) is 0. The zero-order valence-corrected chi connectivity index (χ0v) is 23.8. The van der Waals surface area contributed by atoms with Gasteiger partial charge in [0.05, 0.1) is 28.3 Å². The molecule has 4 atom stereocenters. The number of benzene rings is 1. The topological polar surface area (TPSA) is 134 Å². The number of thiazole rings is 1. The van der Waals surface area contributed by atoms with E-state index in [1.54, 1.807) is 18.3 Å². The molecule has 4 fully saturated rings. The van der Waals surface area contributed by atoms with E-state index in [1.807, 2.05) is 6.92 Å². The van der Waals surface area contributed by atoms with E-state index in [4.69, 9.17) is 10.7 Å². The Hall–Kier alpha value is -2.51. The Morgan fingerprint density at radius 2 is 1.87 bits per heavy atom. The van der Waals surface area contributed by atoms with Crippen LogP contribution in [0.2, 0.25) is 0 Å². The van der Waals surface area contributed by atoms with E-state index in [1.165, 1.54) is 22.2 Å². The average Bonchev–Trinajstić information content (AvgIpc) is 3.39. The second-order valence-electron chi connectivity index (χ2n) is 11.8. The molecule has 208 valence electrons. The lowest BCUT2D eigenvalue weighted by Gasteiger charge is -2.55. The Kier molecular flexibility index (Phi) is 6.54. The zero-order valence-electron chi connectivity index (χ0n) is 22.2. The van der Waals surface area contributed by atoms with Crippen molar-refractivity contribution >= 4 is 51.1 Å². The molecule has 5 aliphatic heterocycles. The molecule has 39 heavy (non-hydrogen) atoms. The van der Waals surface area contributed by atoms with Gasteiger partial charge in [-0.1, -0.05) is 24.8 Å². The number of carboxylic acid groups (broad SMARTS) is 1. The number of carboxylic acids is 1. The second-order valence-corrected chi connectivity index (χ2v) is 14.1. The lowest BCUT2D eigenvalue weighted by molar-refractivity contribution is -1.08. The van der Waals surface area contributed by atoms with Gasteiger partial charge in [-0.25, -0.2) is 9.78 Å². The number of carbonyl (C=O) groups is 3. The van der Waals surface area contributed by atoms with Crippen LogP contribution in [-0.2, 0) is 20.9 Å². The van der Waals surface area contributed by atoms with Crippen LogP contribution in [0.4, 0.5) is 0 Å². The molecule has 0 spiro atoms. The number of aliphatic hydroxyl groups excluding tert-OH is 1. The number of hydrogen-bond acceptors (Lipinski definition) is 7. The molecule has 2 aromatic rings. The Morgan fingerprint density at radius 3 is 2.49 bits per heavy atom. The quantitative estimate of drug-likeness (QED) is 0.233. The lowest BCUT2D eigenvalue weighted by atomic mass is 9.78. The van der Waals surface area contributed by atoms with Crippen molar-refractivity contribution in [3.8, 4) is 0 Å². The number of piperazine rings is 3. The maximum absolute atomic E-state index is 12.6. The number of hydrogen-bond donors (Lipinski definition) is 3. The van der Waals surface area contributed by atoms with Crippen LogP contribution in [0.15, 0.2) is 33.8 Å². The molecular weight excluding hydrogens is 538 g/mol. The monoisotopic (exact) mass is 573 g/mol. The molecule has 0 unspecified atom stereocenters. The third-order valence-corrected chi connectivity index (χ3v) is 11.7. The standard InChI is InChI=1S/C27H33N5O5S2/c1-15-18(24(26(36)37)30-23(15)22(16(2)33)25(30)35)14-38-27-29-19-11-17(3-4-20(19)39-27)12-31-5-8-32(9-6-31,10-7-31)13-21(28)34/h3-4,11,15-16,22-23,33H,5-10,12-14H2,1-2H3,(H-2,28,34,36,37)/p+2/t15-,16+,22+,23+,31?,32?/m0/s1. The molecule has 7 rings (SSSR count). The predicted octanol–water partition coefficient (Wildman–Crippen LogP) is 1.23. The van der Waals surface area contributed by atoms with E-state index in [0.717, 1.165) is 74.9 Å². The average molecular weight is 574 g/mol. The Labute approximate surface area is 235 Å². The van der Waals surface area contributed by atoms with E-state index >= 15 is 0 Å². The summed E-state index contributed by atoms with van der Waals surface area (Å²) in [4.78, 5) is 42.5. The van der Waals surface area contributed by atoms with Crippen molar-refractivity contribution < 1.29 is 33.6 Å². The number of primary amides is 1. The zero-order chi connectivity index (χ0) is 27.7. The highest BCUT2D eigenvalue weighted by molar-refractivity contribution is 8.01. The third-order valence-electron chi connectivity index (χ3n) is 9.46. The van der Waals surface area contributed by atoms with Crippen LogP contribution in [0.1, 0.15) is 19.4 Å². The number of aliphatic hydroxyl groups is 1. The van der Waals surface area contributed by atoms with Crippen molar-refractivity contribution in [2.24, 2.45) is 17.6 Å². The number of quaternary nitrogens is 2. The van der Waals surface area contributed by atoms with E-state index in [2.05, 4.69) is 18.2 Å². The minimum atomic E-state index is -1.10. The number of aromatic nitrogens is 1. The van der Waals surface area contributed by atoms with Crippen LogP contribution in [0, 0.1) is 11.8 Å². The molecule has 4 N–H and O–H groups in total. The van der Waals surface area contributed by atoms with Crippen LogP contribution in [-0.4, -0.2) is 111 Å². The van der Waals surface area contributed by atoms with Crippen molar-refractivity contribution in [1.82, 2.24) is 9.88 Å². The van der Waals surface area contributed by atoms with Crippen LogP contribution >= 0.6 is 23.1 Å². The summed E-state index contributed by atoms with van der Waals surface area (Å²) in [5.41, 5.74) is 8.52. The summed E-state index contributed by atoms with van der Waals surface area (Å²) >= 11 is 3.11. The molecule has 12 heteroatoms. The molecule has 10 nitrogen and oxygen atoms in total. The largest absolute Gasteiger partial charge is 0.477 e. The lowest BCUT2D eigenvalue weighted by Crippen LogP contribution is -2.75. The number of thioether (sulfide) groups is 1. The molecule has 4 saturated heterocycles. The smallest absolute Gasteiger partial charge is 0.352 e. The van der Waals surface area contributed by atoms with Gasteiger partial charge >= 0.3 is 5.97 Å². The van der Waals surface area contributed by atoms with Gasteiger partial charge < -0.3 is 29.8 Å². The summed E-state index contributed by atoms with van der Waals surface area (Å²) in [6, 6.07) is 6.20. The molecular formula is C27H35N5O5S2+2. The molecule has 1 aromatic carbocycles. The summed E-state index contributed by atoms with van der Waals surface area (Å²) in [6.07, 6.45) is -0.807. The molecule has 6 heterocycles. The minimum absolute atomic E-state index is 0.0701. The third kappa shape index (κ3) is 4.46. The van der Waals surface area contributed by atoms with Crippen LogP contribution in [0.25, 0.3) is 10.2 Å². The highest BCUT2D eigenvalue weighted by Gasteiger charge is 2.59. The van der Waals surface area contributed by atoms with Crippen LogP contribution in [0.3, 0.4) is 0 Å². The fraction of sp³-hybridized carbons (Fsp3) is 0.556. The van der Waals surface area contributed by atoms with Crippen LogP contribution < -0.4 is 5.73 Å². The molecule has 2 bridgehead atoms. The second kappa shape index (κ2) is 9.55. The summed E-state index contributed by atoms with van der Waals surface area (Å²) < 4.78 is 3.85. The van der Waals surface area contributed by atoms with Gasteiger partial charge in [0.25, 0.3) is 5.91 Å². The van der Waals surface area contributed by atoms with Crippen molar-refractivity contribution in [3.63, 3.8) is 0 Å². The van der Waals surface area contributed by atoms with Gasteiger partial charge in [0.15, 0.2) is 10.9 Å². The van der Waals surface area contributed by atoms with Crippen molar-refractivity contribution in [2.75, 3.05) is 51.6 Å². The first-order chi connectivity index (χ1) is 18.5. The first-order valence-corrected chi connectivity index (χ1v) is 15.3. The minimum Gasteiger partial charge on any atom is -0.477 e. The Bertz CT molecular complexity index is 1380. The highest BCUT2D eigenvalue weighted by Crippen LogP contribution is 2.48. The van der Waals surface area contributed by atoms with Gasteiger partial charge in [0.2, 0.25) is 5.91 Å². The maximum atomic E-state index is 12.6. The Morgan fingerprint density at radius 1 is 1.21 bits per heavy atom. The molecule has 2 amide bonds. The number of nitrogens with zero attached hydrogens (tertiary/aromatic N) is 4. The number of aliphatic carboxylic acids is 1. The SMILES string of the molecule is C[C@@H](O)[C@H]1C(=O)N2C(C(=O)O)=C(CSc3nc4cc(C[N+]56CC[N+](CC(N)=O)(CC5)CC6)ccc4s3)[C@H](C)[C@H]12. The Balaban J connectivity index is 1.15. The fourth-order valence-corrected chi connectivity index (χ4v) is 9.42. The van der Waals surface area contributed by atoms with Crippen molar-refractivity contribution in [2.45, 2.75) is 36.9 Å². The molecule has 1 aromatic heterocycles. The number of amides is 2. The van der Waals surface area contributed by atoms with Gasteiger partial charge in [-0.2, -0.15) is 0 Å². The van der Waals surface area contributed by atoms with Crippen LogP contribution in [0.5, 0.6) is 0 Å². The number of β-lactam (4-membered cyclic amide) rings is 1. The molecule has 0 aliphatic carbocycles.